The summed E-state index contributed by atoms with van der Waals surface area (Å²) < 4.78 is 27.3. The van der Waals surface area contributed by atoms with Crippen molar-refractivity contribution in [2.24, 2.45) is 0 Å². The third-order valence-corrected chi connectivity index (χ3v) is 5.62. The molecule has 3 aromatic heterocycles. The Balaban J connectivity index is 1.45. The lowest BCUT2D eigenvalue weighted by Gasteiger charge is -2.16. The van der Waals surface area contributed by atoms with Crippen molar-refractivity contribution < 1.29 is 23.8 Å². The molecule has 1 aliphatic rings. The van der Waals surface area contributed by atoms with Gasteiger partial charge in [0.1, 0.15) is 24.4 Å². The number of rotatable bonds is 4. The van der Waals surface area contributed by atoms with Crippen LogP contribution in [0.2, 0.25) is 5.02 Å². The van der Waals surface area contributed by atoms with E-state index in [4.69, 9.17) is 20.8 Å². The molecule has 0 radical (unpaired) electrons. The van der Waals surface area contributed by atoms with Crippen molar-refractivity contribution in [3.05, 3.63) is 53.5 Å². The van der Waals surface area contributed by atoms with Crippen LogP contribution < -0.4 is 5.32 Å². The zero-order valence-electron chi connectivity index (χ0n) is 18.3. The number of nitrogens with zero attached hydrogens (tertiary/aromatic N) is 6. The highest BCUT2D eigenvalue weighted by Gasteiger charge is 2.48. The van der Waals surface area contributed by atoms with E-state index < -0.39 is 35.8 Å². The van der Waals surface area contributed by atoms with Crippen molar-refractivity contribution in [1.82, 2.24) is 29.7 Å². The molecule has 1 saturated heterocycles. The number of aliphatic hydroxyl groups is 2. The van der Waals surface area contributed by atoms with Gasteiger partial charge in [-0.15, -0.1) is 10.2 Å². The summed E-state index contributed by atoms with van der Waals surface area (Å²) in [6.07, 6.45) is -2.13. The Morgan fingerprint density at radius 3 is 2.62 bits per heavy atom. The van der Waals surface area contributed by atoms with E-state index >= 15 is 0 Å². The second-order valence-electron chi connectivity index (χ2n) is 8.92. The third kappa shape index (κ3) is 3.88. The predicted molar refractivity (Wildman–Crippen MR) is 118 cm³/mol. The van der Waals surface area contributed by atoms with Crippen LogP contribution in [0.15, 0.2) is 35.3 Å². The van der Waals surface area contributed by atoms with E-state index in [9.17, 15) is 14.6 Å². The maximum Gasteiger partial charge on any atom is 0.248 e. The maximum atomic E-state index is 14.2. The van der Waals surface area contributed by atoms with Crippen LogP contribution >= 0.6 is 11.6 Å². The van der Waals surface area contributed by atoms with Gasteiger partial charge in [-0.2, -0.15) is 0 Å². The van der Waals surface area contributed by atoms with Crippen LogP contribution in [-0.2, 0) is 10.2 Å². The molecule has 11 nitrogen and oxygen atoms in total. The fraction of sp³-hybridized carbons (Fsp3) is 0.381. The Morgan fingerprint density at radius 2 is 1.91 bits per heavy atom. The van der Waals surface area contributed by atoms with Crippen molar-refractivity contribution in [2.75, 3.05) is 5.32 Å². The van der Waals surface area contributed by atoms with Crippen LogP contribution in [0.25, 0.3) is 11.2 Å². The summed E-state index contributed by atoms with van der Waals surface area (Å²) in [5.41, 5.74) is 0.359. The maximum absolute atomic E-state index is 14.2. The smallest absolute Gasteiger partial charge is 0.248 e. The van der Waals surface area contributed by atoms with E-state index in [0.717, 1.165) is 0 Å². The molecular weight excluding hydrogens is 469 g/mol. The number of hydrogen-bond donors (Lipinski definition) is 3. The van der Waals surface area contributed by atoms with Gasteiger partial charge in [0.2, 0.25) is 11.8 Å². The van der Waals surface area contributed by atoms with Crippen molar-refractivity contribution in [2.45, 2.75) is 50.7 Å². The summed E-state index contributed by atoms with van der Waals surface area (Å²) >= 11 is 5.81. The minimum atomic E-state index is -1.34. The van der Waals surface area contributed by atoms with Crippen molar-refractivity contribution in [3.63, 3.8) is 0 Å². The van der Waals surface area contributed by atoms with Crippen LogP contribution in [-0.4, -0.2) is 52.1 Å². The molecule has 2 unspecified atom stereocenters. The Bertz CT molecular complexity index is 1350. The fourth-order valence-electron chi connectivity index (χ4n) is 3.59. The molecule has 0 spiro atoms. The van der Waals surface area contributed by atoms with Crippen LogP contribution in [0, 0.1) is 5.82 Å². The number of hydrogen-bond acceptors (Lipinski definition) is 10. The van der Waals surface area contributed by atoms with Gasteiger partial charge in [-0.1, -0.05) is 32.4 Å². The first-order valence-electron chi connectivity index (χ1n) is 10.4. The minimum Gasteiger partial charge on any atom is -0.422 e. The Labute approximate surface area is 197 Å². The molecular formula is C21H21ClFN7O4. The number of halogens is 2. The largest absolute Gasteiger partial charge is 0.422 e. The topological polar surface area (TPSA) is 144 Å². The fourth-order valence-corrected chi connectivity index (χ4v) is 3.75. The first kappa shape index (κ1) is 22.6. The Morgan fingerprint density at radius 1 is 1.12 bits per heavy atom. The SMILES string of the molecule is CC(C)(C)c1nnc(C2O[C@@H](n3cnc4c(Nc5ccc(Cl)cc5F)ncnc43)[C@H](O)C2O)o1. The van der Waals surface area contributed by atoms with E-state index in [1.54, 1.807) is 0 Å². The summed E-state index contributed by atoms with van der Waals surface area (Å²) in [6, 6.07) is 4.19. The van der Waals surface area contributed by atoms with Crippen molar-refractivity contribution in [1.29, 1.82) is 0 Å². The average molecular weight is 490 g/mol. The number of ether oxygens (including phenoxy) is 1. The lowest BCUT2D eigenvalue weighted by atomic mass is 9.97. The van der Waals surface area contributed by atoms with E-state index in [2.05, 4.69) is 30.5 Å². The molecule has 4 atom stereocenters. The van der Waals surface area contributed by atoms with Gasteiger partial charge in [0, 0.05) is 10.4 Å². The highest BCUT2D eigenvalue weighted by molar-refractivity contribution is 6.30. The van der Waals surface area contributed by atoms with Crippen LogP contribution in [0.4, 0.5) is 15.9 Å². The van der Waals surface area contributed by atoms with Gasteiger partial charge in [-0.05, 0) is 18.2 Å². The molecule has 3 N–H and O–H groups in total. The zero-order valence-corrected chi connectivity index (χ0v) is 19.1. The number of benzene rings is 1. The molecule has 178 valence electrons. The summed E-state index contributed by atoms with van der Waals surface area (Å²) in [5.74, 6) is 0.107. The van der Waals surface area contributed by atoms with E-state index in [-0.39, 0.29) is 22.4 Å². The summed E-state index contributed by atoms with van der Waals surface area (Å²) in [5, 5.41) is 32.5. The van der Waals surface area contributed by atoms with Gasteiger partial charge in [0.25, 0.3) is 0 Å². The number of aromatic nitrogens is 6. The molecule has 5 rings (SSSR count). The summed E-state index contributed by atoms with van der Waals surface area (Å²) in [4.78, 5) is 12.7. The Hall–Kier alpha value is -3.19. The van der Waals surface area contributed by atoms with E-state index in [1.165, 1.54) is 35.4 Å². The number of anilines is 2. The predicted octanol–water partition coefficient (Wildman–Crippen LogP) is 3.03. The molecule has 0 aliphatic carbocycles. The zero-order chi connectivity index (χ0) is 24.2. The van der Waals surface area contributed by atoms with Crippen LogP contribution in [0.3, 0.4) is 0 Å². The van der Waals surface area contributed by atoms with Gasteiger partial charge in [-0.25, -0.2) is 19.3 Å². The molecule has 34 heavy (non-hydrogen) atoms. The summed E-state index contributed by atoms with van der Waals surface area (Å²) in [6.45, 7) is 5.73. The monoisotopic (exact) mass is 489 g/mol. The van der Waals surface area contributed by atoms with Gasteiger partial charge in [0.05, 0.1) is 12.0 Å². The second-order valence-corrected chi connectivity index (χ2v) is 9.36. The number of aliphatic hydroxyl groups excluding tert-OH is 2. The van der Waals surface area contributed by atoms with Crippen molar-refractivity contribution >= 4 is 34.3 Å². The quantitative estimate of drug-likeness (QED) is 0.391. The van der Waals surface area contributed by atoms with Gasteiger partial charge in [0.15, 0.2) is 29.3 Å². The molecule has 1 aromatic carbocycles. The minimum absolute atomic E-state index is 0.0543. The molecule has 4 aromatic rings. The first-order chi connectivity index (χ1) is 16.1. The molecule has 0 amide bonds. The average Bonchev–Trinajstić information content (AvgIpc) is 3.49. The molecule has 0 saturated carbocycles. The van der Waals surface area contributed by atoms with Crippen molar-refractivity contribution in [3.8, 4) is 0 Å². The standard InChI is InChI=1S/C21H21ClFN7O4/c1-21(2,3)20-29-28-18(34-20)15-13(31)14(32)19(33-15)30-8-26-12-16(24-7-25-17(12)30)27-11-5-4-9(22)6-10(11)23/h4-8,13-15,19,31-32H,1-3H3,(H,24,25,27)/t13?,14-,15?,19-/m1/s1. The lowest BCUT2D eigenvalue weighted by molar-refractivity contribution is -0.0441. The van der Waals surface area contributed by atoms with Gasteiger partial charge < -0.3 is 24.7 Å². The normalized spacial score (nSPS) is 23.0. The van der Waals surface area contributed by atoms with E-state index in [1.807, 2.05) is 20.8 Å². The first-order valence-corrected chi connectivity index (χ1v) is 10.8. The number of nitrogens with one attached hydrogen (secondary N) is 1. The molecule has 0 bridgehead atoms. The second kappa shape index (κ2) is 8.24. The van der Waals surface area contributed by atoms with E-state index in [0.29, 0.717) is 17.1 Å². The molecule has 13 heteroatoms. The molecule has 1 aliphatic heterocycles. The van der Waals surface area contributed by atoms with Crippen LogP contribution in [0.1, 0.15) is 44.9 Å². The number of imidazole rings is 1. The van der Waals surface area contributed by atoms with Gasteiger partial charge in [-0.3, -0.25) is 4.57 Å². The lowest BCUT2D eigenvalue weighted by Crippen LogP contribution is -2.29. The molecule has 4 heterocycles. The van der Waals surface area contributed by atoms with Crippen LogP contribution in [0.5, 0.6) is 0 Å². The number of fused-ring (bicyclic) bond motifs is 1. The third-order valence-electron chi connectivity index (χ3n) is 5.38. The summed E-state index contributed by atoms with van der Waals surface area (Å²) in [7, 11) is 0. The molecule has 1 fully saturated rings. The van der Waals surface area contributed by atoms with Gasteiger partial charge >= 0.3 is 0 Å². The Kier molecular flexibility index (Phi) is 5.47. The highest BCUT2D eigenvalue weighted by atomic mass is 35.5. The highest BCUT2D eigenvalue weighted by Crippen LogP contribution is 2.40.